The van der Waals surface area contributed by atoms with Crippen LogP contribution in [0.3, 0.4) is 0 Å². The van der Waals surface area contributed by atoms with Gasteiger partial charge in [-0.3, -0.25) is 9.59 Å². The molecule has 0 aliphatic heterocycles. The molecule has 2 atom stereocenters. The molecule has 11 heteroatoms. The Hall–Kier alpha value is -2.14. The molecule has 0 radical (unpaired) electrons. The molecule has 0 aliphatic carbocycles. The van der Waals surface area contributed by atoms with Crippen LogP contribution in [0.1, 0.15) is 59.2 Å². The molecule has 0 spiro atoms. The number of benzene rings is 2. The summed E-state index contributed by atoms with van der Waals surface area (Å²) in [7, 11) is 0. The highest BCUT2D eigenvalue weighted by molar-refractivity contribution is 9.11. The van der Waals surface area contributed by atoms with E-state index in [9.17, 15) is 35.9 Å². The Morgan fingerprint density at radius 3 is 2.14 bits per heavy atom. The van der Waals surface area contributed by atoms with Crippen molar-refractivity contribution in [1.29, 1.82) is 0 Å². The topological polar surface area (TPSA) is 46.2 Å². The number of ketones is 1. The van der Waals surface area contributed by atoms with Crippen LogP contribution in [0.15, 0.2) is 51.4 Å². The van der Waals surface area contributed by atoms with Crippen molar-refractivity contribution in [3.63, 3.8) is 0 Å². The van der Waals surface area contributed by atoms with E-state index >= 15 is 0 Å². The SMILES string of the molecule is Cc1cc(/C=C/C(c2cc(Br)cc(Br)c2)C(F)(F)F)ccc1C(=O)N[C@H](C)CC(=O)CCC(F)(F)F. The third-order valence-electron chi connectivity index (χ3n) is 5.17. The zero-order valence-corrected chi connectivity index (χ0v) is 22.4. The third-order valence-corrected chi connectivity index (χ3v) is 6.09. The summed E-state index contributed by atoms with van der Waals surface area (Å²) in [6.07, 6.45) is -8.70. The zero-order valence-electron chi connectivity index (χ0n) is 19.2. The Kier molecular flexibility index (Phi) is 10.4. The normalized spacial score (nSPS) is 14.1. The van der Waals surface area contributed by atoms with Gasteiger partial charge in [-0.05, 0) is 54.8 Å². The molecule has 0 fully saturated rings. The molecule has 1 unspecified atom stereocenters. The predicted molar refractivity (Wildman–Crippen MR) is 133 cm³/mol. The summed E-state index contributed by atoms with van der Waals surface area (Å²) in [5.74, 6) is -3.01. The van der Waals surface area contributed by atoms with Crippen molar-refractivity contribution in [2.45, 2.75) is 57.4 Å². The fourth-order valence-electron chi connectivity index (χ4n) is 3.49. The average Bonchev–Trinajstić information content (AvgIpc) is 2.70. The molecule has 2 aromatic rings. The second-order valence-corrected chi connectivity index (χ2v) is 10.2. The number of Topliss-reactive ketones (excluding diaryl/α,β-unsaturated/α-hetero) is 1. The fraction of sp³-hybridized carbons (Fsp3) is 0.360. The van der Waals surface area contributed by atoms with Gasteiger partial charge in [-0.25, -0.2) is 0 Å². The Morgan fingerprint density at radius 1 is 1.00 bits per heavy atom. The Labute approximate surface area is 221 Å². The maximum Gasteiger partial charge on any atom is 0.399 e. The number of hydrogen-bond acceptors (Lipinski definition) is 2. The number of carbonyl (C=O) groups excluding carboxylic acids is 2. The lowest BCUT2D eigenvalue weighted by Gasteiger charge is -2.18. The molecular weight excluding hydrogens is 620 g/mol. The molecule has 1 N–H and O–H groups in total. The first-order valence-corrected chi connectivity index (χ1v) is 12.3. The maximum atomic E-state index is 13.7. The first-order valence-electron chi connectivity index (χ1n) is 10.8. The van der Waals surface area contributed by atoms with Gasteiger partial charge >= 0.3 is 12.4 Å². The highest BCUT2D eigenvalue weighted by Gasteiger charge is 2.39. The molecule has 3 nitrogen and oxygen atoms in total. The molecule has 0 bridgehead atoms. The zero-order chi connectivity index (χ0) is 27.3. The van der Waals surface area contributed by atoms with E-state index in [1.54, 1.807) is 19.1 Å². The number of alkyl halides is 6. The number of hydrogen-bond donors (Lipinski definition) is 1. The lowest BCUT2D eigenvalue weighted by molar-refractivity contribution is -0.143. The van der Waals surface area contributed by atoms with Gasteiger partial charge in [0.05, 0.1) is 12.3 Å². The molecule has 0 saturated carbocycles. The molecule has 0 heterocycles. The minimum atomic E-state index is -4.53. The lowest BCUT2D eigenvalue weighted by atomic mass is 9.96. The minimum Gasteiger partial charge on any atom is -0.349 e. The minimum absolute atomic E-state index is 0.0477. The molecular formula is C25H23Br2F6NO2. The van der Waals surface area contributed by atoms with E-state index in [0.717, 1.165) is 6.08 Å². The van der Waals surface area contributed by atoms with Gasteiger partial charge < -0.3 is 5.32 Å². The Morgan fingerprint density at radius 2 is 1.61 bits per heavy atom. The number of nitrogens with one attached hydrogen (secondary N) is 1. The van der Waals surface area contributed by atoms with Gasteiger partial charge in [0.1, 0.15) is 5.78 Å². The molecule has 2 aromatic carbocycles. The summed E-state index contributed by atoms with van der Waals surface area (Å²) in [4.78, 5) is 24.3. The predicted octanol–water partition coefficient (Wildman–Crippen LogP) is 8.30. The van der Waals surface area contributed by atoms with Crippen molar-refractivity contribution >= 4 is 49.6 Å². The van der Waals surface area contributed by atoms with Crippen LogP contribution in [-0.2, 0) is 4.79 Å². The number of halogens is 8. The fourth-order valence-corrected chi connectivity index (χ4v) is 4.82. The van der Waals surface area contributed by atoms with E-state index in [-0.39, 0.29) is 17.5 Å². The first kappa shape index (κ1) is 30.1. The summed E-state index contributed by atoms with van der Waals surface area (Å²) in [5, 5.41) is 2.57. The number of rotatable bonds is 9. The molecule has 36 heavy (non-hydrogen) atoms. The monoisotopic (exact) mass is 641 g/mol. The molecule has 0 aromatic heterocycles. The molecule has 0 saturated heterocycles. The highest BCUT2D eigenvalue weighted by Crippen LogP contribution is 2.38. The molecule has 1 amide bonds. The summed E-state index contributed by atoms with van der Waals surface area (Å²) in [5.41, 5.74) is 1.22. The largest absolute Gasteiger partial charge is 0.399 e. The van der Waals surface area contributed by atoms with Crippen LogP contribution < -0.4 is 5.32 Å². The van der Waals surface area contributed by atoms with E-state index in [4.69, 9.17) is 0 Å². The lowest BCUT2D eigenvalue weighted by Crippen LogP contribution is -2.34. The van der Waals surface area contributed by atoms with Crippen molar-refractivity contribution in [1.82, 2.24) is 5.32 Å². The van der Waals surface area contributed by atoms with Crippen molar-refractivity contribution in [3.8, 4) is 0 Å². The summed E-state index contributed by atoms with van der Waals surface area (Å²) >= 11 is 6.39. The standard InChI is InChI=1S/C25H23Br2F6NO2/c1-14-9-16(4-6-22(25(31,32)33)17-11-18(26)13-19(27)12-17)3-5-21(14)23(36)34-15(2)10-20(35)7-8-24(28,29)30/h3-6,9,11-13,15,22H,7-8,10H2,1-2H3,(H,34,36)/b6-4+/t15-,22?/m1/s1. The smallest absolute Gasteiger partial charge is 0.349 e. The molecule has 2 rings (SSSR count). The number of carbonyl (C=O) groups is 2. The van der Waals surface area contributed by atoms with E-state index in [0.29, 0.717) is 20.1 Å². The van der Waals surface area contributed by atoms with Gasteiger partial charge in [-0.1, -0.05) is 56.1 Å². The van der Waals surface area contributed by atoms with Crippen molar-refractivity contribution in [2.24, 2.45) is 0 Å². The number of amides is 1. The van der Waals surface area contributed by atoms with Crippen LogP contribution in [0, 0.1) is 6.92 Å². The van der Waals surface area contributed by atoms with E-state index in [1.807, 2.05) is 0 Å². The van der Waals surface area contributed by atoms with Crippen LogP contribution in [-0.4, -0.2) is 30.1 Å². The van der Waals surface area contributed by atoms with Gasteiger partial charge in [0.15, 0.2) is 0 Å². The highest BCUT2D eigenvalue weighted by atomic mass is 79.9. The van der Waals surface area contributed by atoms with Crippen molar-refractivity contribution in [3.05, 3.63) is 73.7 Å². The summed E-state index contributed by atoms with van der Waals surface area (Å²) in [6, 6.07) is 8.21. The van der Waals surface area contributed by atoms with Gasteiger partial charge in [0.25, 0.3) is 5.91 Å². The second kappa shape index (κ2) is 12.4. The van der Waals surface area contributed by atoms with Crippen LogP contribution in [0.4, 0.5) is 26.3 Å². The Bertz CT molecular complexity index is 1110. The Balaban J connectivity index is 2.11. The average molecular weight is 643 g/mol. The van der Waals surface area contributed by atoms with Gasteiger partial charge in [-0.15, -0.1) is 0 Å². The van der Waals surface area contributed by atoms with Gasteiger partial charge in [0.2, 0.25) is 0 Å². The third kappa shape index (κ3) is 9.72. The summed E-state index contributed by atoms with van der Waals surface area (Å²) in [6.45, 7) is 3.12. The van der Waals surface area contributed by atoms with Gasteiger partial charge in [0, 0.05) is 33.4 Å². The van der Waals surface area contributed by atoms with Gasteiger partial charge in [-0.2, -0.15) is 26.3 Å². The van der Waals surface area contributed by atoms with Crippen molar-refractivity contribution < 1.29 is 35.9 Å². The van der Waals surface area contributed by atoms with Crippen LogP contribution >= 0.6 is 31.9 Å². The van der Waals surface area contributed by atoms with Crippen LogP contribution in [0.5, 0.6) is 0 Å². The van der Waals surface area contributed by atoms with Crippen LogP contribution in [0.25, 0.3) is 6.08 Å². The number of allylic oxidation sites excluding steroid dienone is 1. The molecule has 0 aliphatic rings. The maximum absolute atomic E-state index is 13.7. The van der Waals surface area contributed by atoms with E-state index < -0.39 is 48.8 Å². The quantitative estimate of drug-likeness (QED) is 0.280. The second-order valence-electron chi connectivity index (χ2n) is 8.39. The van der Waals surface area contributed by atoms with E-state index in [1.165, 1.54) is 37.3 Å². The first-order chi connectivity index (χ1) is 16.5. The van der Waals surface area contributed by atoms with Crippen LogP contribution in [0.2, 0.25) is 0 Å². The van der Waals surface area contributed by atoms with E-state index in [2.05, 4.69) is 37.2 Å². The summed E-state index contributed by atoms with van der Waals surface area (Å²) < 4.78 is 78.9. The molecule has 196 valence electrons. The van der Waals surface area contributed by atoms with Crippen molar-refractivity contribution in [2.75, 3.05) is 0 Å². The number of aryl methyl sites for hydroxylation is 1.